The van der Waals surface area contributed by atoms with E-state index in [4.69, 9.17) is 14.2 Å². The Bertz CT molecular complexity index is 977. The Morgan fingerprint density at radius 2 is 1.86 bits per heavy atom. The molecule has 2 aromatic carbocycles. The zero-order chi connectivity index (χ0) is 20.3. The summed E-state index contributed by atoms with van der Waals surface area (Å²) < 4.78 is 16.8. The Balaban J connectivity index is 1.90. The molecular weight excluding hydrogens is 426 g/mol. The number of cyclic esters (lactones) is 1. The lowest BCUT2D eigenvalue weighted by molar-refractivity contribution is -0.137. The molecule has 0 amide bonds. The molecule has 1 aliphatic heterocycles. The first-order valence-electron chi connectivity index (χ1n) is 8.55. The van der Waals surface area contributed by atoms with Crippen LogP contribution in [0.4, 0.5) is 0 Å². The van der Waals surface area contributed by atoms with Crippen molar-refractivity contribution < 1.29 is 23.8 Å². The standard InChI is InChI=1S/C21H18BrNO5/c1-12(2)20(24)27-18-11-13(4-9-17(18)26-3)10-16-21(25)28-19(23-16)14-5-7-15(22)8-6-14/h4-12H,1-3H3. The Hall–Kier alpha value is -2.93. The Morgan fingerprint density at radius 1 is 1.14 bits per heavy atom. The molecule has 0 aliphatic carbocycles. The predicted octanol–water partition coefficient (Wildman–Crippen LogP) is 4.36. The number of carbonyl (C=O) groups is 2. The molecule has 0 saturated heterocycles. The maximum Gasteiger partial charge on any atom is 0.363 e. The van der Waals surface area contributed by atoms with Gasteiger partial charge in [-0.1, -0.05) is 35.8 Å². The van der Waals surface area contributed by atoms with Gasteiger partial charge in [0.25, 0.3) is 0 Å². The zero-order valence-corrected chi connectivity index (χ0v) is 17.1. The molecule has 1 heterocycles. The van der Waals surface area contributed by atoms with Crippen molar-refractivity contribution in [1.82, 2.24) is 0 Å². The van der Waals surface area contributed by atoms with Gasteiger partial charge in [-0.25, -0.2) is 9.79 Å². The largest absolute Gasteiger partial charge is 0.493 e. The fourth-order valence-electron chi connectivity index (χ4n) is 2.37. The van der Waals surface area contributed by atoms with Crippen LogP contribution in [0.1, 0.15) is 25.0 Å². The Kier molecular flexibility index (Phi) is 5.94. The van der Waals surface area contributed by atoms with Gasteiger partial charge in [0.1, 0.15) is 0 Å². The van der Waals surface area contributed by atoms with Gasteiger partial charge >= 0.3 is 11.9 Å². The molecule has 6 nitrogen and oxygen atoms in total. The Labute approximate surface area is 171 Å². The van der Waals surface area contributed by atoms with Crippen LogP contribution in [0.2, 0.25) is 0 Å². The molecule has 0 N–H and O–H groups in total. The van der Waals surface area contributed by atoms with Gasteiger partial charge in [-0.2, -0.15) is 0 Å². The molecule has 7 heteroatoms. The number of rotatable bonds is 5. The van der Waals surface area contributed by atoms with E-state index in [-0.39, 0.29) is 29.2 Å². The van der Waals surface area contributed by atoms with E-state index in [2.05, 4.69) is 20.9 Å². The fraction of sp³-hybridized carbons (Fsp3) is 0.190. The van der Waals surface area contributed by atoms with Crippen molar-refractivity contribution in [3.05, 3.63) is 63.8 Å². The van der Waals surface area contributed by atoms with Crippen LogP contribution in [-0.4, -0.2) is 24.9 Å². The van der Waals surface area contributed by atoms with Crippen LogP contribution in [0.25, 0.3) is 6.08 Å². The fourth-order valence-corrected chi connectivity index (χ4v) is 2.64. The van der Waals surface area contributed by atoms with Crippen molar-refractivity contribution in [2.75, 3.05) is 7.11 Å². The molecule has 0 atom stereocenters. The second kappa shape index (κ2) is 8.39. The van der Waals surface area contributed by atoms with Crippen molar-refractivity contribution in [1.29, 1.82) is 0 Å². The molecular formula is C21H18BrNO5. The maximum absolute atomic E-state index is 12.2. The van der Waals surface area contributed by atoms with Gasteiger partial charge < -0.3 is 14.2 Å². The number of halogens is 1. The lowest BCUT2D eigenvalue weighted by Gasteiger charge is -2.11. The molecule has 0 radical (unpaired) electrons. The number of carbonyl (C=O) groups excluding carboxylic acids is 2. The highest BCUT2D eigenvalue weighted by Crippen LogP contribution is 2.30. The van der Waals surface area contributed by atoms with Crippen LogP contribution in [0.15, 0.2) is 57.6 Å². The average Bonchev–Trinajstić information content (AvgIpc) is 3.03. The molecule has 2 aromatic rings. The normalized spacial score (nSPS) is 14.8. The second-order valence-electron chi connectivity index (χ2n) is 6.33. The van der Waals surface area contributed by atoms with Crippen LogP contribution in [0.5, 0.6) is 11.5 Å². The summed E-state index contributed by atoms with van der Waals surface area (Å²) in [5.74, 6) is -0.269. The highest BCUT2D eigenvalue weighted by molar-refractivity contribution is 9.10. The summed E-state index contributed by atoms with van der Waals surface area (Å²) in [5.41, 5.74) is 1.48. The summed E-state index contributed by atoms with van der Waals surface area (Å²) in [5, 5.41) is 0. The van der Waals surface area contributed by atoms with Gasteiger partial charge in [-0.3, -0.25) is 4.79 Å². The van der Waals surface area contributed by atoms with E-state index in [1.807, 2.05) is 12.1 Å². The summed E-state index contributed by atoms with van der Waals surface area (Å²) in [6.45, 7) is 3.49. The average molecular weight is 444 g/mol. The second-order valence-corrected chi connectivity index (χ2v) is 7.24. The van der Waals surface area contributed by atoms with E-state index in [1.165, 1.54) is 7.11 Å². The summed E-state index contributed by atoms with van der Waals surface area (Å²) in [4.78, 5) is 28.4. The van der Waals surface area contributed by atoms with Crippen molar-refractivity contribution >= 4 is 39.8 Å². The third kappa shape index (κ3) is 4.48. The van der Waals surface area contributed by atoms with Crippen LogP contribution in [-0.2, 0) is 14.3 Å². The highest BCUT2D eigenvalue weighted by atomic mass is 79.9. The van der Waals surface area contributed by atoms with Crippen LogP contribution in [0, 0.1) is 5.92 Å². The molecule has 28 heavy (non-hydrogen) atoms. The molecule has 0 bridgehead atoms. The number of hydrogen-bond donors (Lipinski definition) is 0. The first-order chi connectivity index (χ1) is 13.4. The Morgan fingerprint density at radius 3 is 2.50 bits per heavy atom. The third-order valence-electron chi connectivity index (χ3n) is 3.88. The number of methoxy groups -OCH3 is 1. The zero-order valence-electron chi connectivity index (χ0n) is 15.6. The first kappa shape index (κ1) is 19.8. The molecule has 0 aromatic heterocycles. The minimum atomic E-state index is -0.547. The lowest BCUT2D eigenvalue weighted by atomic mass is 10.1. The number of esters is 2. The van der Waals surface area contributed by atoms with Gasteiger partial charge in [0, 0.05) is 10.0 Å². The minimum Gasteiger partial charge on any atom is -0.493 e. The SMILES string of the molecule is COc1ccc(C=C2N=C(c3ccc(Br)cc3)OC2=O)cc1OC(=O)C(C)C. The smallest absolute Gasteiger partial charge is 0.363 e. The molecule has 0 spiro atoms. The molecule has 0 saturated carbocycles. The van der Waals surface area contributed by atoms with E-state index >= 15 is 0 Å². The van der Waals surface area contributed by atoms with Gasteiger partial charge in [0.15, 0.2) is 17.2 Å². The maximum atomic E-state index is 12.2. The van der Waals surface area contributed by atoms with Gasteiger partial charge in [0.2, 0.25) is 5.90 Å². The van der Waals surface area contributed by atoms with E-state index in [1.54, 1.807) is 50.3 Å². The van der Waals surface area contributed by atoms with Gasteiger partial charge in [-0.05, 0) is 48.0 Å². The summed E-state index contributed by atoms with van der Waals surface area (Å²) in [6.07, 6.45) is 1.57. The highest BCUT2D eigenvalue weighted by Gasteiger charge is 2.24. The number of aliphatic imine (C=N–C) groups is 1. The van der Waals surface area contributed by atoms with Gasteiger partial charge in [-0.15, -0.1) is 0 Å². The topological polar surface area (TPSA) is 74.2 Å². The lowest BCUT2D eigenvalue weighted by Crippen LogP contribution is -2.15. The van der Waals surface area contributed by atoms with E-state index < -0.39 is 5.97 Å². The number of benzene rings is 2. The predicted molar refractivity (Wildman–Crippen MR) is 108 cm³/mol. The van der Waals surface area contributed by atoms with Crippen molar-refractivity contribution in [3.8, 4) is 11.5 Å². The number of nitrogens with zero attached hydrogens (tertiary/aromatic N) is 1. The summed E-state index contributed by atoms with van der Waals surface area (Å²) in [6, 6.07) is 12.3. The molecule has 0 fully saturated rings. The molecule has 0 unspecified atom stereocenters. The van der Waals surface area contributed by atoms with Crippen LogP contribution < -0.4 is 9.47 Å². The quantitative estimate of drug-likeness (QED) is 0.389. The van der Waals surface area contributed by atoms with Gasteiger partial charge in [0.05, 0.1) is 13.0 Å². The van der Waals surface area contributed by atoms with Crippen molar-refractivity contribution in [2.24, 2.45) is 10.9 Å². The summed E-state index contributed by atoms with van der Waals surface area (Å²) in [7, 11) is 1.49. The van der Waals surface area contributed by atoms with Crippen molar-refractivity contribution in [3.63, 3.8) is 0 Å². The van der Waals surface area contributed by atoms with E-state index in [0.717, 1.165) is 4.47 Å². The summed E-state index contributed by atoms with van der Waals surface area (Å²) >= 11 is 3.36. The van der Waals surface area contributed by atoms with Crippen molar-refractivity contribution in [2.45, 2.75) is 13.8 Å². The molecule has 1 aliphatic rings. The monoisotopic (exact) mass is 443 g/mol. The van der Waals surface area contributed by atoms with E-state index in [9.17, 15) is 9.59 Å². The van der Waals surface area contributed by atoms with Crippen LogP contribution in [0.3, 0.4) is 0 Å². The number of hydrogen-bond acceptors (Lipinski definition) is 6. The third-order valence-corrected chi connectivity index (χ3v) is 4.41. The molecule has 144 valence electrons. The number of ether oxygens (including phenoxy) is 3. The minimum absolute atomic E-state index is 0.157. The first-order valence-corrected chi connectivity index (χ1v) is 9.35. The molecule has 3 rings (SSSR count). The van der Waals surface area contributed by atoms with Crippen LogP contribution >= 0.6 is 15.9 Å². The van der Waals surface area contributed by atoms with E-state index in [0.29, 0.717) is 16.9 Å².